The van der Waals surface area contributed by atoms with Gasteiger partial charge in [0.15, 0.2) is 0 Å². The van der Waals surface area contributed by atoms with Crippen LogP contribution in [-0.2, 0) is 11.2 Å². The second-order valence-electron chi connectivity index (χ2n) is 4.63. The molecule has 108 valence electrons. The predicted molar refractivity (Wildman–Crippen MR) is 79.8 cm³/mol. The van der Waals surface area contributed by atoms with E-state index in [2.05, 4.69) is 34.4 Å². The first-order valence-electron chi connectivity index (χ1n) is 7.03. The number of nitrogens with one attached hydrogen (secondary N) is 2. The summed E-state index contributed by atoms with van der Waals surface area (Å²) in [6, 6.07) is 0.296. The van der Waals surface area contributed by atoms with Crippen LogP contribution >= 0.6 is 0 Å². The van der Waals surface area contributed by atoms with Crippen LogP contribution in [0.4, 0.5) is 11.6 Å². The summed E-state index contributed by atoms with van der Waals surface area (Å²) in [7, 11) is 3.63. The van der Waals surface area contributed by atoms with E-state index in [1.54, 1.807) is 13.4 Å². The minimum absolute atomic E-state index is 0.296. The van der Waals surface area contributed by atoms with Gasteiger partial charge >= 0.3 is 0 Å². The summed E-state index contributed by atoms with van der Waals surface area (Å²) < 4.78 is 5.26. The molecule has 0 saturated carbocycles. The number of rotatable bonds is 9. The maximum atomic E-state index is 5.26. The van der Waals surface area contributed by atoms with E-state index in [1.165, 1.54) is 0 Å². The third-order valence-electron chi connectivity index (χ3n) is 3.03. The van der Waals surface area contributed by atoms with Crippen LogP contribution in [0.1, 0.15) is 38.7 Å². The molecule has 0 fully saturated rings. The molecule has 0 aliphatic rings. The summed E-state index contributed by atoms with van der Waals surface area (Å²) in [5.74, 6) is 1.84. The highest BCUT2D eigenvalue weighted by Gasteiger charge is 2.14. The van der Waals surface area contributed by atoms with Gasteiger partial charge in [-0.1, -0.05) is 26.7 Å². The van der Waals surface area contributed by atoms with Crippen molar-refractivity contribution in [2.24, 2.45) is 0 Å². The molecule has 1 heterocycles. The lowest BCUT2D eigenvalue weighted by Gasteiger charge is -2.20. The molecular formula is C14H26N4O. The summed E-state index contributed by atoms with van der Waals surface area (Å²) in [6.07, 6.45) is 5.82. The third-order valence-corrected chi connectivity index (χ3v) is 3.03. The monoisotopic (exact) mass is 266 g/mol. The average Bonchev–Trinajstić information content (AvgIpc) is 2.41. The van der Waals surface area contributed by atoms with Gasteiger partial charge in [-0.25, -0.2) is 9.97 Å². The topological polar surface area (TPSA) is 59.1 Å². The quantitative estimate of drug-likeness (QED) is 0.719. The average molecular weight is 266 g/mol. The van der Waals surface area contributed by atoms with Crippen molar-refractivity contribution in [3.05, 3.63) is 11.9 Å². The minimum Gasteiger partial charge on any atom is -0.383 e. The predicted octanol–water partition coefficient (Wildman–Crippen LogP) is 2.70. The van der Waals surface area contributed by atoms with E-state index >= 15 is 0 Å². The molecule has 0 aliphatic heterocycles. The molecule has 1 aromatic heterocycles. The van der Waals surface area contributed by atoms with Crippen molar-refractivity contribution in [3.63, 3.8) is 0 Å². The molecule has 1 aromatic rings. The van der Waals surface area contributed by atoms with Crippen LogP contribution in [0.25, 0.3) is 0 Å². The molecule has 5 nitrogen and oxygen atoms in total. The molecule has 0 radical (unpaired) electrons. The van der Waals surface area contributed by atoms with Crippen LogP contribution in [-0.4, -0.2) is 36.8 Å². The first kappa shape index (κ1) is 15.7. The summed E-state index contributed by atoms with van der Waals surface area (Å²) in [5.41, 5.74) is 1.16. The molecule has 0 saturated heterocycles. The fourth-order valence-electron chi connectivity index (χ4n) is 2.18. The zero-order chi connectivity index (χ0) is 14.1. The van der Waals surface area contributed by atoms with Crippen molar-refractivity contribution in [1.82, 2.24) is 9.97 Å². The Morgan fingerprint density at radius 2 is 1.95 bits per heavy atom. The van der Waals surface area contributed by atoms with Gasteiger partial charge in [0.05, 0.1) is 12.6 Å². The van der Waals surface area contributed by atoms with Crippen LogP contribution < -0.4 is 10.6 Å². The standard InChI is InChI=1S/C14H26N4O/c1-5-7-11(9-19-4)18-14-12(8-6-2)13(15-3)16-10-17-14/h10-11H,5-9H2,1-4H3,(H2,15,16,17,18). The highest BCUT2D eigenvalue weighted by atomic mass is 16.5. The molecule has 0 aromatic carbocycles. The van der Waals surface area contributed by atoms with Crippen LogP contribution in [0.5, 0.6) is 0 Å². The highest BCUT2D eigenvalue weighted by Crippen LogP contribution is 2.22. The Morgan fingerprint density at radius 3 is 2.53 bits per heavy atom. The number of hydrogen-bond donors (Lipinski definition) is 2. The van der Waals surface area contributed by atoms with E-state index < -0.39 is 0 Å². The van der Waals surface area contributed by atoms with Crippen molar-refractivity contribution < 1.29 is 4.74 Å². The Morgan fingerprint density at radius 1 is 1.21 bits per heavy atom. The van der Waals surface area contributed by atoms with Crippen LogP contribution in [0.2, 0.25) is 0 Å². The molecule has 1 unspecified atom stereocenters. The van der Waals surface area contributed by atoms with E-state index in [-0.39, 0.29) is 0 Å². The molecule has 0 spiro atoms. The van der Waals surface area contributed by atoms with Gasteiger partial charge in [-0.15, -0.1) is 0 Å². The van der Waals surface area contributed by atoms with Crippen LogP contribution in [0.3, 0.4) is 0 Å². The molecule has 5 heteroatoms. The molecule has 1 rings (SSSR count). The van der Waals surface area contributed by atoms with E-state index in [0.29, 0.717) is 12.6 Å². The highest BCUT2D eigenvalue weighted by molar-refractivity contribution is 5.57. The van der Waals surface area contributed by atoms with E-state index in [4.69, 9.17) is 4.74 Å². The summed E-state index contributed by atoms with van der Waals surface area (Å²) >= 11 is 0. The van der Waals surface area contributed by atoms with Crippen molar-refractivity contribution >= 4 is 11.6 Å². The molecule has 2 N–H and O–H groups in total. The maximum Gasteiger partial charge on any atom is 0.135 e. The Kier molecular flexibility index (Phi) is 7.18. The Labute approximate surface area is 116 Å². The number of nitrogens with zero attached hydrogens (tertiary/aromatic N) is 2. The molecule has 1 atom stereocenters. The van der Waals surface area contributed by atoms with Gasteiger partial charge in [0.2, 0.25) is 0 Å². The Balaban J connectivity index is 2.90. The van der Waals surface area contributed by atoms with Crippen molar-refractivity contribution in [3.8, 4) is 0 Å². The van der Waals surface area contributed by atoms with Gasteiger partial charge in [0.25, 0.3) is 0 Å². The van der Waals surface area contributed by atoms with Crippen molar-refractivity contribution in [2.75, 3.05) is 31.4 Å². The smallest absolute Gasteiger partial charge is 0.135 e. The van der Waals surface area contributed by atoms with Gasteiger partial charge in [-0.2, -0.15) is 0 Å². The van der Waals surface area contributed by atoms with E-state index in [0.717, 1.165) is 42.9 Å². The van der Waals surface area contributed by atoms with Crippen molar-refractivity contribution in [1.29, 1.82) is 0 Å². The van der Waals surface area contributed by atoms with E-state index in [9.17, 15) is 0 Å². The third kappa shape index (κ3) is 4.67. The van der Waals surface area contributed by atoms with Crippen molar-refractivity contribution in [2.45, 2.75) is 45.6 Å². The maximum absolute atomic E-state index is 5.26. The minimum atomic E-state index is 0.296. The molecule has 19 heavy (non-hydrogen) atoms. The summed E-state index contributed by atoms with van der Waals surface area (Å²) in [5, 5.41) is 6.63. The first-order chi connectivity index (χ1) is 9.26. The molecule has 0 amide bonds. The van der Waals surface area contributed by atoms with Crippen LogP contribution in [0.15, 0.2) is 6.33 Å². The lowest BCUT2D eigenvalue weighted by molar-refractivity contribution is 0.182. The summed E-state index contributed by atoms with van der Waals surface area (Å²) in [4.78, 5) is 8.67. The second-order valence-corrected chi connectivity index (χ2v) is 4.63. The molecule has 0 aliphatic carbocycles. The Bertz CT molecular complexity index is 364. The van der Waals surface area contributed by atoms with Gasteiger partial charge in [0, 0.05) is 19.7 Å². The van der Waals surface area contributed by atoms with E-state index in [1.807, 2.05) is 7.05 Å². The normalized spacial score (nSPS) is 12.2. The zero-order valence-corrected chi connectivity index (χ0v) is 12.5. The fourth-order valence-corrected chi connectivity index (χ4v) is 2.18. The van der Waals surface area contributed by atoms with Crippen LogP contribution in [0, 0.1) is 0 Å². The zero-order valence-electron chi connectivity index (χ0n) is 12.5. The Hall–Kier alpha value is -1.36. The number of ether oxygens (including phenoxy) is 1. The fraction of sp³-hybridized carbons (Fsp3) is 0.714. The number of aromatic nitrogens is 2. The molecular weight excluding hydrogens is 240 g/mol. The molecule has 0 bridgehead atoms. The SMILES string of the molecule is CCCc1c(NC)ncnc1NC(CCC)COC. The number of methoxy groups -OCH3 is 1. The van der Waals surface area contributed by atoms with Gasteiger partial charge in [-0.3, -0.25) is 0 Å². The van der Waals surface area contributed by atoms with Gasteiger partial charge in [-0.05, 0) is 12.8 Å². The van der Waals surface area contributed by atoms with Gasteiger partial charge in [0.1, 0.15) is 18.0 Å². The number of anilines is 2. The summed E-state index contributed by atoms with van der Waals surface area (Å²) in [6.45, 7) is 5.03. The lowest BCUT2D eigenvalue weighted by Crippen LogP contribution is -2.26. The largest absolute Gasteiger partial charge is 0.383 e. The van der Waals surface area contributed by atoms with Gasteiger partial charge < -0.3 is 15.4 Å². The second kappa shape index (κ2) is 8.69. The lowest BCUT2D eigenvalue weighted by atomic mass is 10.1. The number of hydrogen-bond acceptors (Lipinski definition) is 5. The first-order valence-corrected chi connectivity index (χ1v) is 7.03.